The Balaban J connectivity index is 1.88. The highest BCUT2D eigenvalue weighted by Crippen LogP contribution is 2.20. The molecule has 0 saturated carbocycles. The van der Waals surface area contributed by atoms with E-state index in [1.165, 1.54) is 6.07 Å². The lowest BCUT2D eigenvalue weighted by Gasteiger charge is -2.22. The van der Waals surface area contributed by atoms with Crippen LogP contribution in [0.2, 0.25) is 0 Å². The molecule has 0 spiro atoms. The zero-order valence-corrected chi connectivity index (χ0v) is 10.5. The molecule has 0 amide bonds. The van der Waals surface area contributed by atoms with E-state index in [0.29, 0.717) is 25.3 Å². The van der Waals surface area contributed by atoms with Gasteiger partial charge in [-0.15, -0.1) is 0 Å². The fourth-order valence-corrected chi connectivity index (χ4v) is 2.11. The topological polar surface area (TPSA) is 44.5 Å². The standard InChI is InChI=1S/C14H20FNO2/c15-13-9-11(6-7-16)4-5-14(13)18-10-12-3-1-2-8-17-12/h4-5,9,12H,1-3,6-8,10,16H2. The van der Waals surface area contributed by atoms with Crippen LogP contribution in [0.25, 0.3) is 0 Å². The van der Waals surface area contributed by atoms with Gasteiger partial charge in [0.1, 0.15) is 6.61 Å². The molecule has 1 aliphatic rings. The van der Waals surface area contributed by atoms with E-state index in [-0.39, 0.29) is 11.9 Å². The summed E-state index contributed by atoms with van der Waals surface area (Å²) in [6.45, 7) is 1.73. The fraction of sp³-hybridized carbons (Fsp3) is 0.571. The second-order valence-electron chi connectivity index (χ2n) is 4.60. The molecule has 0 bridgehead atoms. The molecule has 1 saturated heterocycles. The second kappa shape index (κ2) is 6.71. The summed E-state index contributed by atoms with van der Waals surface area (Å²) >= 11 is 0. The minimum atomic E-state index is -0.322. The van der Waals surface area contributed by atoms with Gasteiger partial charge >= 0.3 is 0 Å². The summed E-state index contributed by atoms with van der Waals surface area (Å²) in [5.74, 6) is -0.0262. The van der Waals surface area contributed by atoms with E-state index in [2.05, 4.69) is 0 Å². The maximum atomic E-state index is 13.7. The number of hydrogen-bond donors (Lipinski definition) is 1. The van der Waals surface area contributed by atoms with Gasteiger partial charge in [0.25, 0.3) is 0 Å². The summed E-state index contributed by atoms with van der Waals surface area (Å²) in [5, 5.41) is 0. The zero-order chi connectivity index (χ0) is 12.8. The monoisotopic (exact) mass is 253 g/mol. The minimum Gasteiger partial charge on any atom is -0.488 e. The zero-order valence-electron chi connectivity index (χ0n) is 10.5. The molecule has 1 aromatic carbocycles. The van der Waals surface area contributed by atoms with Gasteiger partial charge in [-0.25, -0.2) is 4.39 Å². The van der Waals surface area contributed by atoms with Crippen molar-refractivity contribution in [3.8, 4) is 5.75 Å². The number of halogens is 1. The summed E-state index contributed by atoms with van der Waals surface area (Å²) < 4.78 is 24.7. The van der Waals surface area contributed by atoms with Gasteiger partial charge in [0, 0.05) is 6.61 Å². The first-order valence-corrected chi connectivity index (χ1v) is 6.52. The Morgan fingerprint density at radius 2 is 2.28 bits per heavy atom. The van der Waals surface area contributed by atoms with Crippen LogP contribution in [-0.4, -0.2) is 25.9 Å². The highest BCUT2D eigenvalue weighted by atomic mass is 19.1. The first-order valence-electron chi connectivity index (χ1n) is 6.52. The van der Waals surface area contributed by atoms with Crippen LogP contribution in [0.5, 0.6) is 5.75 Å². The van der Waals surface area contributed by atoms with Crippen molar-refractivity contribution in [2.24, 2.45) is 5.73 Å². The first kappa shape index (κ1) is 13.3. The van der Waals surface area contributed by atoms with Crippen LogP contribution < -0.4 is 10.5 Å². The normalized spacial score (nSPS) is 19.8. The quantitative estimate of drug-likeness (QED) is 0.875. The van der Waals surface area contributed by atoms with E-state index in [4.69, 9.17) is 15.2 Å². The van der Waals surface area contributed by atoms with Gasteiger partial charge in [0.2, 0.25) is 0 Å². The summed E-state index contributed by atoms with van der Waals surface area (Å²) in [6.07, 6.45) is 4.04. The molecule has 2 N–H and O–H groups in total. The van der Waals surface area contributed by atoms with Gasteiger partial charge in [0.05, 0.1) is 6.10 Å². The largest absolute Gasteiger partial charge is 0.488 e. The number of ether oxygens (including phenoxy) is 2. The van der Waals surface area contributed by atoms with Crippen molar-refractivity contribution in [2.45, 2.75) is 31.8 Å². The highest BCUT2D eigenvalue weighted by molar-refractivity contribution is 5.29. The Labute approximate surface area is 107 Å². The van der Waals surface area contributed by atoms with Crippen LogP contribution >= 0.6 is 0 Å². The molecule has 1 aromatic rings. The molecule has 18 heavy (non-hydrogen) atoms. The van der Waals surface area contributed by atoms with Crippen LogP contribution in [0.1, 0.15) is 24.8 Å². The van der Waals surface area contributed by atoms with Crippen LogP contribution in [0.4, 0.5) is 4.39 Å². The molecule has 4 heteroatoms. The lowest BCUT2D eigenvalue weighted by molar-refractivity contribution is -0.0117. The summed E-state index contributed by atoms with van der Waals surface area (Å²) in [5.41, 5.74) is 6.33. The Kier molecular flexibility index (Phi) is 4.96. The first-order chi connectivity index (χ1) is 8.79. The van der Waals surface area contributed by atoms with Crippen molar-refractivity contribution < 1.29 is 13.9 Å². The summed E-state index contributed by atoms with van der Waals surface area (Å²) in [6, 6.07) is 5.01. The Morgan fingerprint density at radius 1 is 1.39 bits per heavy atom. The van der Waals surface area contributed by atoms with Gasteiger partial charge in [-0.05, 0) is 49.9 Å². The third-order valence-electron chi connectivity index (χ3n) is 3.13. The number of rotatable bonds is 5. The Bertz CT molecular complexity index is 378. The van der Waals surface area contributed by atoms with Crippen molar-refractivity contribution in [1.82, 2.24) is 0 Å². The second-order valence-corrected chi connectivity index (χ2v) is 4.60. The van der Waals surface area contributed by atoms with E-state index < -0.39 is 0 Å². The van der Waals surface area contributed by atoms with Crippen molar-refractivity contribution >= 4 is 0 Å². The minimum absolute atomic E-state index is 0.0990. The molecule has 2 rings (SSSR count). The molecule has 1 fully saturated rings. The van der Waals surface area contributed by atoms with Crippen molar-refractivity contribution in [3.63, 3.8) is 0 Å². The number of hydrogen-bond acceptors (Lipinski definition) is 3. The average molecular weight is 253 g/mol. The van der Waals surface area contributed by atoms with Crippen LogP contribution in [-0.2, 0) is 11.2 Å². The Morgan fingerprint density at radius 3 is 2.94 bits per heavy atom. The molecule has 1 aliphatic heterocycles. The number of nitrogens with two attached hydrogens (primary N) is 1. The number of benzene rings is 1. The van der Waals surface area contributed by atoms with Gasteiger partial charge < -0.3 is 15.2 Å². The van der Waals surface area contributed by atoms with Crippen LogP contribution in [0, 0.1) is 5.82 Å². The molecule has 1 unspecified atom stereocenters. The highest BCUT2D eigenvalue weighted by Gasteiger charge is 2.15. The molecule has 100 valence electrons. The maximum absolute atomic E-state index is 13.7. The molecule has 3 nitrogen and oxygen atoms in total. The molecular formula is C14H20FNO2. The van der Waals surface area contributed by atoms with Gasteiger partial charge in [-0.2, -0.15) is 0 Å². The average Bonchev–Trinajstić information content (AvgIpc) is 2.39. The van der Waals surface area contributed by atoms with Crippen molar-refractivity contribution in [2.75, 3.05) is 19.8 Å². The van der Waals surface area contributed by atoms with E-state index in [9.17, 15) is 4.39 Å². The van der Waals surface area contributed by atoms with E-state index in [0.717, 1.165) is 31.4 Å². The third kappa shape index (κ3) is 3.68. The molecular weight excluding hydrogens is 233 g/mol. The van der Waals surface area contributed by atoms with E-state index in [1.54, 1.807) is 6.07 Å². The predicted octanol–water partition coefficient (Wildman–Crippen LogP) is 2.27. The summed E-state index contributed by atoms with van der Waals surface area (Å²) in [7, 11) is 0. The van der Waals surface area contributed by atoms with Gasteiger partial charge in [-0.3, -0.25) is 0 Å². The van der Waals surface area contributed by atoms with Gasteiger partial charge in [0.15, 0.2) is 11.6 Å². The molecule has 0 aliphatic carbocycles. The fourth-order valence-electron chi connectivity index (χ4n) is 2.11. The van der Waals surface area contributed by atoms with Gasteiger partial charge in [-0.1, -0.05) is 6.07 Å². The molecule has 1 atom stereocenters. The third-order valence-corrected chi connectivity index (χ3v) is 3.13. The smallest absolute Gasteiger partial charge is 0.165 e. The summed E-state index contributed by atoms with van der Waals surface area (Å²) in [4.78, 5) is 0. The van der Waals surface area contributed by atoms with Crippen molar-refractivity contribution in [3.05, 3.63) is 29.6 Å². The van der Waals surface area contributed by atoms with Crippen molar-refractivity contribution in [1.29, 1.82) is 0 Å². The molecule has 0 radical (unpaired) electrons. The Hall–Kier alpha value is -1.13. The predicted molar refractivity (Wildman–Crippen MR) is 68.2 cm³/mol. The maximum Gasteiger partial charge on any atom is 0.165 e. The molecule has 1 heterocycles. The lowest BCUT2D eigenvalue weighted by Crippen LogP contribution is -2.26. The van der Waals surface area contributed by atoms with E-state index in [1.807, 2.05) is 6.07 Å². The molecule has 0 aromatic heterocycles. The van der Waals surface area contributed by atoms with E-state index >= 15 is 0 Å². The van der Waals surface area contributed by atoms with Crippen LogP contribution in [0.3, 0.4) is 0 Å². The SMILES string of the molecule is NCCc1ccc(OCC2CCCCO2)c(F)c1. The lowest BCUT2D eigenvalue weighted by atomic mass is 10.1. The van der Waals surface area contributed by atoms with Crippen LogP contribution in [0.15, 0.2) is 18.2 Å².